The zero-order chi connectivity index (χ0) is 12.7. The highest BCUT2D eigenvalue weighted by Crippen LogP contribution is 2.30. The second-order valence-corrected chi connectivity index (χ2v) is 5.49. The summed E-state index contributed by atoms with van der Waals surface area (Å²) < 4.78 is 0. The van der Waals surface area contributed by atoms with Gasteiger partial charge in [-0.15, -0.1) is 0 Å². The lowest BCUT2D eigenvalue weighted by atomic mass is 10.0. The third-order valence-electron chi connectivity index (χ3n) is 3.96. The van der Waals surface area contributed by atoms with Crippen molar-refractivity contribution in [3.8, 4) is 0 Å². The van der Waals surface area contributed by atoms with Crippen molar-refractivity contribution >= 4 is 5.91 Å². The molecule has 5 heteroatoms. The summed E-state index contributed by atoms with van der Waals surface area (Å²) in [5.41, 5.74) is 1.31. The van der Waals surface area contributed by atoms with Gasteiger partial charge in [0, 0.05) is 32.4 Å². The first kappa shape index (κ1) is 11.6. The lowest BCUT2D eigenvalue weighted by Gasteiger charge is -2.18. The Morgan fingerprint density at radius 3 is 2.39 bits per heavy atom. The molecule has 0 saturated carbocycles. The number of hydrogen-bond acceptors (Lipinski definition) is 4. The summed E-state index contributed by atoms with van der Waals surface area (Å²) in [5, 5.41) is 0. The second kappa shape index (κ2) is 4.31. The molecule has 2 fully saturated rings. The van der Waals surface area contributed by atoms with Gasteiger partial charge in [-0.05, 0) is 25.8 Å². The molecule has 2 aliphatic heterocycles. The largest absolute Gasteiger partial charge is 0.337 e. The van der Waals surface area contributed by atoms with E-state index in [0.717, 1.165) is 31.9 Å². The van der Waals surface area contributed by atoms with Crippen molar-refractivity contribution in [1.29, 1.82) is 0 Å². The van der Waals surface area contributed by atoms with Crippen molar-refractivity contribution in [1.82, 2.24) is 19.8 Å². The molecule has 1 aromatic rings. The molecule has 0 bridgehead atoms. The van der Waals surface area contributed by atoms with Crippen LogP contribution in [0.1, 0.15) is 16.2 Å². The first-order chi connectivity index (χ1) is 8.63. The third kappa shape index (κ3) is 1.99. The number of nitrogens with zero attached hydrogens (tertiary/aromatic N) is 4. The van der Waals surface area contributed by atoms with Crippen molar-refractivity contribution < 1.29 is 4.79 Å². The van der Waals surface area contributed by atoms with Crippen LogP contribution in [0.15, 0.2) is 12.4 Å². The Labute approximate surface area is 107 Å². The highest BCUT2D eigenvalue weighted by atomic mass is 16.2. The maximum absolute atomic E-state index is 12.3. The molecule has 3 rings (SSSR count). The average Bonchev–Trinajstić information content (AvgIpc) is 2.86. The minimum Gasteiger partial charge on any atom is -0.337 e. The predicted octanol–water partition coefficient (Wildman–Crippen LogP) is 0.419. The first-order valence-corrected chi connectivity index (χ1v) is 6.40. The van der Waals surface area contributed by atoms with Gasteiger partial charge in [0.05, 0.1) is 11.9 Å². The number of amides is 1. The standard InChI is InChI=1S/C13H18N4O/c1-9-3-15-12(4-14-9)13(18)17-7-10-5-16(2)6-11(10)8-17/h3-4,10-11H,5-8H2,1-2H3. The Hall–Kier alpha value is -1.49. The average molecular weight is 246 g/mol. The highest BCUT2D eigenvalue weighted by Gasteiger charge is 2.40. The molecule has 18 heavy (non-hydrogen) atoms. The van der Waals surface area contributed by atoms with E-state index in [2.05, 4.69) is 21.9 Å². The van der Waals surface area contributed by atoms with Gasteiger partial charge in [-0.2, -0.15) is 0 Å². The molecule has 0 aromatic carbocycles. The van der Waals surface area contributed by atoms with Crippen molar-refractivity contribution in [2.24, 2.45) is 11.8 Å². The maximum atomic E-state index is 12.3. The molecule has 0 spiro atoms. The van der Waals surface area contributed by atoms with E-state index >= 15 is 0 Å². The molecule has 0 radical (unpaired) electrons. The number of aromatic nitrogens is 2. The van der Waals surface area contributed by atoms with Gasteiger partial charge in [0.15, 0.2) is 0 Å². The van der Waals surface area contributed by atoms with Crippen LogP contribution in [-0.4, -0.2) is 58.9 Å². The Kier molecular flexibility index (Phi) is 2.78. The molecule has 1 aromatic heterocycles. The summed E-state index contributed by atoms with van der Waals surface area (Å²) in [7, 11) is 2.15. The van der Waals surface area contributed by atoms with Gasteiger partial charge in [-0.25, -0.2) is 4.98 Å². The Morgan fingerprint density at radius 1 is 1.17 bits per heavy atom. The fraction of sp³-hybridized carbons (Fsp3) is 0.615. The molecule has 1 amide bonds. The van der Waals surface area contributed by atoms with Gasteiger partial charge in [0.1, 0.15) is 5.69 Å². The van der Waals surface area contributed by atoms with Gasteiger partial charge >= 0.3 is 0 Å². The first-order valence-electron chi connectivity index (χ1n) is 6.40. The van der Waals surface area contributed by atoms with Gasteiger partial charge in [-0.3, -0.25) is 9.78 Å². The van der Waals surface area contributed by atoms with E-state index in [1.807, 2.05) is 11.8 Å². The van der Waals surface area contributed by atoms with Gasteiger partial charge in [0.25, 0.3) is 5.91 Å². The fourth-order valence-corrected chi connectivity index (χ4v) is 3.06. The molecule has 96 valence electrons. The molecular weight excluding hydrogens is 228 g/mol. The predicted molar refractivity (Wildman–Crippen MR) is 67.1 cm³/mol. The minimum atomic E-state index is 0.0274. The Balaban J connectivity index is 1.70. The number of carbonyl (C=O) groups excluding carboxylic acids is 1. The molecule has 2 saturated heterocycles. The van der Waals surface area contributed by atoms with Crippen LogP contribution in [0.2, 0.25) is 0 Å². The second-order valence-electron chi connectivity index (χ2n) is 5.49. The highest BCUT2D eigenvalue weighted by molar-refractivity contribution is 5.92. The number of aryl methyl sites for hydroxylation is 1. The van der Waals surface area contributed by atoms with Crippen LogP contribution in [0, 0.1) is 18.8 Å². The SMILES string of the molecule is Cc1cnc(C(=O)N2CC3CN(C)CC3C2)cn1. The van der Waals surface area contributed by atoms with Crippen LogP contribution in [0.3, 0.4) is 0 Å². The lowest BCUT2D eigenvalue weighted by molar-refractivity contribution is 0.0769. The van der Waals surface area contributed by atoms with Crippen LogP contribution in [0.5, 0.6) is 0 Å². The van der Waals surface area contributed by atoms with Crippen LogP contribution < -0.4 is 0 Å². The Morgan fingerprint density at radius 2 is 1.83 bits per heavy atom. The molecule has 0 aliphatic carbocycles. The number of rotatable bonds is 1. The summed E-state index contributed by atoms with van der Waals surface area (Å²) in [6, 6.07) is 0. The van der Waals surface area contributed by atoms with E-state index in [-0.39, 0.29) is 5.91 Å². The van der Waals surface area contributed by atoms with E-state index in [1.54, 1.807) is 12.4 Å². The minimum absolute atomic E-state index is 0.0274. The summed E-state index contributed by atoms with van der Waals surface area (Å²) in [6.45, 7) is 5.81. The fourth-order valence-electron chi connectivity index (χ4n) is 3.06. The van der Waals surface area contributed by atoms with Crippen LogP contribution in [0.25, 0.3) is 0 Å². The number of likely N-dealkylation sites (tertiary alicyclic amines) is 2. The van der Waals surface area contributed by atoms with E-state index in [4.69, 9.17) is 0 Å². The number of fused-ring (bicyclic) bond motifs is 1. The summed E-state index contributed by atoms with van der Waals surface area (Å²) in [6.07, 6.45) is 3.23. The van der Waals surface area contributed by atoms with Gasteiger partial charge in [-0.1, -0.05) is 0 Å². The molecular formula is C13H18N4O. The zero-order valence-corrected chi connectivity index (χ0v) is 10.8. The molecule has 2 aliphatic rings. The molecule has 2 atom stereocenters. The molecule has 3 heterocycles. The zero-order valence-electron chi connectivity index (χ0n) is 10.8. The lowest BCUT2D eigenvalue weighted by Crippen LogP contribution is -2.32. The van der Waals surface area contributed by atoms with E-state index in [9.17, 15) is 4.79 Å². The monoisotopic (exact) mass is 246 g/mol. The topological polar surface area (TPSA) is 49.3 Å². The van der Waals surface area contributed by atoms with E-state index < -0.39 is 0 Å². The van der Waals surface area contributed by atoms with Crippen molar-refractivity contribution in [2.75, 3.05) is 33.2 Å². The van der Waals surface area contributed by atoms with E-state index in [1.165, 1.54) is 0 Å². The summed E-state index contributed by atoms with van der Waals surface area (Å²) >= 11 is 0. The molecule has 2 unspecified atom stereocenters. The van der Waals surface area contributed by atoms with E-state index in [0.29, 0.717) is 17.5 Å². The third-order valence-corrected chi connectivity index (χ3v) is 3.96. The number of carbonyl (C=O) groups is 1. The molecule has 5 nitrogen and oxygen atoms in total. The van der Waals surface area contributed by atoms with Crippen molar-refractivity contribution in [3.05, 3.63) is 23.8 Å². The normalized spacial score (nSPS) is 27.6. The van der Waals surface area contributed by atoms with Crippen LogP contribution >= 0.6 is 0 Å². The summed E-state index contributed by atoms with van der Waals surface area (Å²) in [5.74, 6) is 1.30. The van der Waals surface area contributed by atoms with Crippen LogP contribution in [-0.2, 0) is 0 Å². The molecule has 0 N–H and O–H groups in total. The van der Waals surface area contributed by atoms with Crippen molar-refractivity contribution in [3.63, 3.8) is 0 Å². The van der Waals surface area contributed by atoms with Gasteiger partial charge < -0.3 is 9.80 Å². The van der Waals surface area contributed by atoms with Crippen molar-refractivity contribution in [2.45, 2.75) is 6.92 Å². The maximum Gasteiger partial charge on any atom is 0.274 e. The van der Waals surface area contributed by atoms with Crippen LogP contribution in [0.4, 0.5) is 0 Å². The Bertz CT molecular complexity index is 445. The smallest absolute Gasteiger partial charge is 0.274 e. The number of hydrogen-bond donors (Lipinski definition) is 0. The van der Waals surface area contributed by atoms with Gasteiger partial charge in [0.2, 0.25) is 0 Å². The quantitative estimate of drug-likeness (QED) is 0.720. The summed E-state index contributed by atoms with van der Waals surface area (Å²) in [4.78, 5) is 24.9.